The van der Waals surface area contributed by atoms with Gasteiger partial charge in [-0.15, -0.1) is 10.2 Å². The lowest BCUT2D eigenvalue weighted by Crippen LogP contribution is -1.95. The molecule has 0 spiro atoms. The Labute approximate surface area is 90.7 Å². The molecule has 0 fully saturated rings. The molecule has 0 saturated heterocycles. The molecule has 0 saturated carbocycles. The fourth-order valence-electron chi connectivity index (χ4n) is 1.07. The van der Waals surface area contributed by atoms with E-state index in [0.717, 1.165) is 5.01 Å². The minimum Gasteiger partial charge on any atom is -0.486 e. The van der Waals surface area contributed by atoms with Crippen LogP contribution < -0.4 is 16.2 Å². The van der Waals surface area contributed by atoms with Crippen molar-refractivity contribution in [1.29, 1.82) is 0 Å². The number of rotatable bonds is 3. The molecule has 0 aliphatic carbocycles. The van der Waals surface area contributed by atoms with Gasteiger partial charge in [0.25, 0.3) is 0 Å². The van der Waals surface area contributed by atoms with E-state index in [2.05, 4.69) is 10.2 Å². The molecule has 0 aliphatic rings. The zero-order valence-corrected chi connectivity index (χ0v) is 8.70. The molecule has 0 amide bonds. The average Bonchev–Trinajstić information content (AvgIpc) is 2.62. The van der Waals surface area contributed by atoms with E-state index < -0.39 is 0 Å². The largest absolute Gasteiger partial charge is 0.486 e. The number of anilines is 2. The molecule has 0 bridgehead atoms. The Morgan fingerprint density at radius 3 is 2.80 bits per heavy atom. The molecular formula is C9H10N4OS. The van der Waals surface area contributed by atoms with Crippen molar-refractivity contribution in [3.8, 4) is 5.75 Å². The van der Waals surface area contributed by atoms with E-state index in [-0.39, 0.29) is 0 Å². The van der Waals surface area contributed by atoms with Gasteiger partial charge in [0.15, 0.2) is 5.01 Å². The zero-order chi connectivity index (χ0) is 10.7. The first-order chi connectivity index (χ1) is 7.24. The Bertz CT molecular complexity index is 457. The van der Waals surface area contributed by atoms with Crippen molar-refractivity contribution in [3.63, 3.8) is 0 Å². The Morgan fingerprint density at radius 1 is 1.27 bits per heavy atom. The zero-order valence-electron chi connectivity index (χ0n) is 7.88. The van der Waals surface area contributed by atoms with Gasteiger partial charge in [0.1, 0.15) is 12.4 Å². The maximum absolute atomic E-state index is 5.61. The molecular weight excluding hydrogens is 212 g/mol. The van der Waals surface area contributed by atoms with Gasteiger partial charge < -0.3 is 16.2 Å². The third-order valence-corrected chi connectivity index (χ3v) is 2.43. The van der Waals surface area contributed by atoms with Crippen LogP contribution in [-0.4, -0.2) is 10.2 Å². The van der Waals surface area contributed by atoms with E-state index in [9.17, 15) is 0 Å². The van der Waals surface area contributed by atoms with Gasteiger partial charge in [-0.25, -0.2) is 0 Å². The first-order valence-corrected chi connectivity index (χ1v) is 5.12. The van der Waals surface area contributed by atoms with Gasteiger partial charge in [-0.1, -0.05) is 17.4 Å². The van der Waals surface area contributed by atoms with E-state index >= 15 is 0 Å². The number of benzene rings is 1. The van der Waals surface area contributed by atoms with Gasteiger partial charge in [-0.2, -0.15) is 0 Å². The highest BCUT2D eigenvalue weighted by Crippen LogP contribution is 2.17. The van der Waals surface area contributed by atoms with Crippen molar-refractivity contribution in [2.75, 3.05) is 11.5 Å². The predicted molar refractivity (Wildman–Crippen MR) is 59.5 cm³/mol. The van der Waals surface area contributed by atoms with Gasteiger partial charge in [0, 0.05) is 11.8 Å². The molecule has 0 unspecified atom stereocenters. The lowest BCUT2D eigenvalue weighted by atomic mass is 10.3. The van der Waals surface area contributed by atoms with Gasteiger partial charge in [0.05, 0.1) is 0 Å². The van der Waals surface area contributed by atoms with Crippen molar-refractivity contribution < 1.29 is 4.74 Å². The Hall–Kier alpha value is -1.82. The van der Waals surface area contributed by atoms with Crippen molar-refractivity contribution in [1.82, 2.24) is 10.2 Å². The molecule has 0 radical (unpaired) electrons. The summed E-state index contributed by atoms with van der Waals surface area (Å²) in [6, 6.07) is 7.22. The van der Waals surface area contributed by atoms with Crippen molar-refractivity contribution >= 4 is 22.2 Å². The quantitative estimate of drug-likeness (QED) is 0.764. The molecule has 1 aromatic carbocycles. The summed E-state index contributed by atoms with van der Waals surface area (Å²) in [5.41, 5.74) is 11.7. The van der Waals surface area contributed by atoms with E-state index in [1.807, 2.05) is 12.1 Å². The summed E-state index contributed by atoms with van der Waals surface area (Å²) in [6.07, 6.45) is 0. The first-order valence-electron chi connectivity index (χ1n) is 4.30. The van der Waals surface area contributed by atoms with Crippen LogP contribution in [0.2, 0.25) is 0 Å². The Balaban J connectivity index is 1.99. The number of nitrogens with two attached hydrogens (primary N) is 2. The second kappa shape index (κ2) is 4.14. The summed E-state index contributed by atoms with van der Waals surface area (Å²) in [7, 11) is 0. The first kappa shape index (κ1) is 9.72. The third-order valence-electron chi connectivity index (χ3n) is 1.70. The van der Waals surface area contributed by atoms with Crippen LogP contribution in [0, 0.1) is 0 Å². The van der Waals surface area contributed by atoms with Crippen LogP contribution in [0.15, 0.2) is 24.3 Å². The van der Waals surface area contributed by atoms with Gasteiger partial charge in [0.2, 0.25) is 5.13 Å². The highest BCUT2D eigenvalue weighted by atomic mass is 32.1. The summed E-state index contributed by atoms with van der Waals surface area (Å²) in [6.45, 7) is 0.359. The van der Waals surface area contributed by atoms with Crippen LogP contribution in [0.5, 0.6) is 5.75 Å². The summed E-state index contributed by atoms with van der Waals surface area (Å²) in [4.78, 5) is 0. The third kappa shape index (κ3) is 2.57. The molecule has 5 nitrogen and oxygen atoms in total. The predicted octanol–water partition coefficient (Wildman–Crippen LogP) is 1.28. The number of hydrogen-bond donors (Lipinski definition) is 2. The second-order valence-corrected chi connectivity index (χ2v) is 3.99. The smallest absolute Gasteiger partial charge is 0.203 e. The highest BCUT2D eigenvalue weighted by molar-refractivity contribution is 7.15. The van der Waals surface area contributed by atoms with Crippen LogP contribution in [-0.2, 0) is 6.61 Å². The highest BCUT2D eigenvalue weighted by Gasteiger charge is 2.01. The topological polar surface area (TPSA) is 87.0 Å². The van der Waals surface area contributed by atoms with E-state index in [0.29, 0.717) is 23.2 Å². The van der Waals surface area contributed by atoms with E-state index in [4.69, 9.17) is 16.2 Å². The van der Waals surface area contributed by atoms with Crippen LogP contribution in [0.25, 0.3) is 0 Å². The van der Waals surface area contributed by atoms with Crippen LogP contribution in [0.3, 0.4) is 0 Å². The summed E-state index contributed by atoms with van der Waals surface area (Å²) < 4.78 is 5.46. The van der Waals surface area contributed by atoms with Crippen LogP contribution in [0.1, 0.15) is 5.01 Å². The summed E-state index contributed by atoms with van der Waals surface area (Å²) in [5, 5.41) is 8.72. The Kier molecular flexibility index (Phi) is 2.68. The number of nitrogen functional groups attached to an aromatic ring is 2. The minimum atomic E-state index is 0.359. The van der Waals surface area contributed by atoms with Crippen LogP contribution >= 0.6 is 11.3 Å². The SMILES string of the molecule is Nc1cccc(OCc2nnc(N)s2)c1. The van der Waals surface area contributed by atoms with Crippen LogP contribution in [0.4, 0.5) is 10.8 Å². The summed E-state index contributed by atoms with van der Waals surface area (Å²) in [5.74, 6) is 0.712. The molecule has 6 heteroatoms. The Morgan fingerprint density at radius 2 is 2.13 bits per heavy atom. The molecule has 78 valence electrons. The fraction of sp³-hybridized carbons (Fsp3) is 0.111. The molecule has 15 heavy (non-hydrogen) atoms. The molecule has 0 atom stereocenters. The number of aromatic nitrogens is 2. The normalized spacial score (nSPS) is 10.1. The number of ether oxygens (including phenoxy) is 1. The second-order valence-electron chi connectivity index (χ2n) is 2.90. The summed E-state index contributed by atoms with van der Waals surface area (Å²) >= 11 is 1.31. The standard InChI is InChI=1S/C9H10N4OS/c10-6-2-1-3-7(4-6)14-5-8-12-13-9(11)15-8/h1-4H,5,10H2,(H2,11,13). The molecule has 1 aromatic heterocycles. The fourth-order valence-corrected chi connectivity index (χ4v) is 1.60. The van der Waals surface area contributed by atoms with Gasteiger partial charge in [-0.05, 0) is 12.1 Å². The molecule has 2 aromatic rings. The van der Waals surface area contributed by atoms with Crippen molar-refractivity contribution in [2.45, 2.75) is 6.61 Å². The maximum atomic E-state index is 5.61. The van der Waals surface area contributed by atoms with E-state index in [1.165, 1.54) is 11.3 Å². The van der Waals surface area contributed by atoms with Crippen molar-refractivity contribution in [2.24, 2.45) is 0 Å². The molecule has 4 N–H and O–H groups in total. The lowest BCUT2D eigenvalue weighted by Gasteiger charge is -2.03. The molecule has 1 heterocycles. The number of nitrogens with zero attached hydrogens (tertiary/aromatic N) is 2. The maximum Gasteiger partial charge on any atom is 0.203 e. The van der Waals surface area contributed by atoms with Gasteiger partial charge >= 0.3 is 0 Å². The minimum absolute atomic E-state index is 0.359. The lowest BCUT2D eigenvalue weighted by molar-refractivity contribution is 0.304. The number of hydrogen-bond acceptors (Lipinski definition) is 6. The van der Waals surface area contributed by atoms with Gasteiger partial charge in [-0.3, -0.25) is 0 Å². The average molecular weight is 222 g/mol. The van der Waals surface area contributed by atoms with E-state index in [1.54, 1.807) is 12.1 Å². The molecule has 0 aliphatic heterocycles. The monoisotopic (exact) mass is 222 g/mol. The molecule has 2 rings (SSSR count). The van der Waals surface area contributed by atoms with Crippen molar-refractivity contribution in [3.05, 3.63) is 29.3 Å².